The molecule has 0 unspecified atom stereocenters. The molecule has 1 nitrogen and oxygen atoms in total. The molecular weight excluding hydrogens is 104 g/mol. The Hall–Kier alpha value is 0.177. The minimum Gasteiger partial charge on any atom is -0.418 e. The normalized spacial score (nSPS) is 12.0. The first-order valence-corrected chi connectivity index (χ1v) is 5.67. The lowest BCUT2D eigenvalue weighted by Gasteiger charge is -2.13. The molecule has 7 heavy (non-hydrogen) atoms. The van der Waals surface area contributed by atoms with Crippen LogP contribution in [0.1, 0.15) is 6.92 Å². The zero-order chi connectivity index (χ0) is 5.91. The Balaban J connectivity index is 3.15. The van der Waals surface area contributed by atoms with E-state index in [1.54, 1.807) is 0 Å². The molecule has 0 atom stereocenters. The Morgan fingerprint density at radius 3 is 2.00 bits per heavy atom. The van der Waals surface area contributed by atoms with E-state index in [0.717, 1.165) is 6.61 Å². The summed E-state index contributed by atoms with van der Waals surface area (Å²) >= 11 is 0. The van der Waals surface area contributed by atoms with Crippen molar-refractivity contribution in [3.05, 3.63) is 6.55 Å². The van der Waals surface area contributed by atoms with E-state index in [1.165, 1.54) is 0 Å². The quantitative estimate of drug-likeness (QED) is 0.499. The van der Waals surface area contributed by atoms with Gasteiger partial charge in [-0.15, -0.1) is 0 Å². The molecule has 0 saturated carbocycles. The van der Waals surface area contributed by atoms with Crippen LogP contribution in [-0.2, 0) is 4.43 Å². The monoisotopic (exact) mass is 117 g/mol. The average molecular weight is 117 g/mol. The van der Waals surface area contributed by atoms with Crippen molar-refractivity contribution in [2.45, 2.75) is 20.0 Å². The van der Waals surface area contributed by atoms with Gasteiger partial charge in [-0.05, 0) is 26.6 Å². The molecule has 0 aromatic carbocycles. The largest absolute Gasteiger partial charge is 0.418 e. The molecule has 0 aliphatic heterocycles. The van der Waals surface area contributed by atoms with Crippen molar-refractivity contribution in [2.24, 2.45) is 0 Å². The lowest BCUT2D eigenvalue weighted by Crippen LogP contribution is -2.25. The number of hydrogen-bond donors (Lipinski definition) is 0. The molecule has 2 heteroatoms. The predicted molar refractivity (Wildman–Crippen MR) is 34.5 cm³/mol. The molecule has 0 fully saturated rings. The summed E-state index contributed by atoms with van der Waals surface area (Å²) in [5, 5.41) is 0. The highest BCUT2D eigenvalue weighted by atomic mass is 28.4. The Bertz CT molecular complexity index is 46.5. The van der Waals surface area contributed by atoms with Gasteiger partial charge >= 0.3 is 0 Å². The molecule has 0 spiro atoms. The summed E-state index contributed by atoms with van der Waals surface area (Å²) in [6.07, 6.45) is 0. The summed E-state index contributed by atoms with van der Waals surface area (Å²) in [5.41, 5.74) is 0. The minimum atomic E-state index is -1.41. The summed E-state index contributed by atoms with van der Waals surface area (Å²) in [6.45, 7) is 10.8. The minimum absolute atomic E-state index is 0.808. The van der Waals surface area contributed by atoms with Crippen LogP contribution >= 0.6 is 0 Å². The van der Waals surface area contributed by atoms with Gasteiger partial charge in [0.05, 0.1) is 0 Å². The molecule has 0 heterocycles. The van der Waals surface area contributed by atoms with E-state index in [-0.39, 0.29) is 0 Å². The van der Waals surface area contributed by atoms with Gasteiger partial charge in [0.15, 0.2) is 8.32 Å². The van der Waals surface area contributed by atoms with Gasteiger partial charge in [-0.3, -0.25) is 0 Å². The number of rotatable bonds is 2. The fourth-order valence-electron chi connectivity index (χ4n) is 0.391. The van der Waals surface area contributed by atoms with Crippen molar-refractivity contribution in [1.29, 1.82) is 0 Å². The topological polar surface area (TPSA) is 9.23 Å². The van der Waals surface area contributed by atoms with Gasteiger partial charge in [-0.1, -0.05) is 0 Å². The molecule has 0 aliphatic rings. The van der Waals surface area contributed by atoms with Crippen LogP contribution in [0.4, 0.5) is 0 Å². The van der Waals surface area contributed by atoms with E-state index in [2.05, 4.69) is 19.6 Å². The first-order valence-electron chi connectivity index (χ1n) is 2.55. The van der Waals surface area contributed by atoms with Crippen LogP contribution in [0.2, 0.25) is 13.1 Å². The number of hydrogen-bond acceptors (Lipinski definition) is 1. The van der Waals surface area contributed by atoms with Gasteiger partial charge in [0.1, 0.15) is 0 Å². The van der Waals surface area contributed by atoms with E-state index in [4.69, 9.17) is 4.43 Å². The Morgan fingerprint density at radius 2 is 2.00 bits per heavy atom. The third-order valence-electron chi connectivity index (χ3n) is 0.535. The highest BCUT2D eigenvalue weighted by Gasteiger charge is 2.11. The Kier molecular flexibility index (Phi) is 2.54. The predicted octanol–water partition coefficient (Wildman–Crippen LogP) is 1.60. The zero-order valence-electron chi connectivity index (χ0n) is 5.32. The Labute approximate surface area is 46.8 Å². The van der Waals surface area contributed by atoms with Gasteiger partial charge in [0.25, 0.3) is 0 Å². The molecule has 1 radical (unpaired) electrons. The summed E-state index contributed by atoms with van der Waals surface area (Å²) in [5.74, 6) is 0. The maximum absolute atomic E-state index is 5.26. The van der Waals surface area contributed by atoms with Crippen LogP contribution in [0.25, 0.3) is 0 Å². The van der Waals surface area contributed by atoms with Crippen LogP contribution in [0.15, 0.2) is 0 Å². The van der Waals surface area contributed by atoms with Crippen molar-refractivity contribution >= 4 is 8.32 Å². The molecule has 0 N–H and O–H groups in total. The van der Waals surface area contributed by atoms with Crippen LogP contribution in [0.3, 0.4) is 0 Å². The van der Waals surface area contributed by atoms with Gasteiger partial charge < -0.3 is 4.43 Å². The fraction of sp³-hybridized carbons (Fsp3) is 0.800. The summed E-state index contributed by atoms with van der Waals surface area (Å²) in [4.78, 5) is 0. The molecule has 43 valence electrons. The van der Waals surface area contributed by atoms with Crippen LogP contribution < -0.4 is 0 Å². The zero-order valence-corrected chi connectivity index (χ0v) is 6.32. The van der Waals surface area contributed by atoms with Gasteiger partial charge in [0.2, 0.25) is 0 Å². The first-order chi connectivity index (χ1) is 3.06. The van der Waals surface area contributed by atoms with E-state index in [9.17, 15) is 0 Å². The van der Waals surface area contributed by atoms with E-state index < -0.39 is 8.32 Å². The molecule has 0 rings (SSSR count). The van der Waals surface area contributed by atoms with Crippen molar-refractivity contribution in [2.75, 3.05) is 6.61 Å². The molecule has 0 amide bonds. The lowest BCUT2D eigenvalue weighted by atomic mass is 10.9. The van der Waals surface area contributed by atoms with Gasteiger partial charge in [0, 0.05) is 6.61 Å². The second-order valence-electron chi connectivity index (χ2n) is 2.19. The standard InChI is InChI=1S/C5H13OSi/c1-5-6-7(2,3)4/h2,5H2,1,3-4H3. The van der Waals surface area contributed by atoms with Gasteiger partial charge in [-0.2, -0.15) is 0 Å². The third kappa shape index (κ3) is 6.18. The molecule has 0 bridgehead atoms. The maximum Gasteiger partial charge on any atom is 0.186 e. The van der Waals surface area contributed by atoms with Gasteiger partial charge in [-0.25, -0.2) is 0 Å². The molecule has 0 aromatic rings. The molecular formula is C5H13OSi. The smallest absolute Gasteiger partial charge is 0.186 e. The lowest BCUT2D eigenvalue weighted by molar-refractivity contribution is 0.337. The molecule has 0 aliphatic carbocycles. The van der Waals surface area contributed by atoms with Crippen LogP contribution in [0, 0.1) is 6.55 Å². The fourth-order valence-corrected chi connectivity index (χ4v) is 1.17. The molecule has 0 aromatic heterocycles. The first kappa shape index (κ1) is 7.18. The van der Waals surface area contributed by atoms with Crippen molar-refractivity contribution in [3.63, 3.8) is 0 Å². The highest BCUT2D eigenvalue weighted by molar-refractivity contribution is 6.72. The second kappa shape index (κ2) is 2.48. The van der Waals surface area contributed by atoms with Crippen molar-refractivity contribution in [1.82, 2.24) is 0 Å². The summed E-state index contributed by atoms with van der Waals surface area (Å²) in [6, 6.07) is 0. The Morgan fingerprint density at radius 1 is 1.57 bits per heavy atom. The SMILES string of the molecule is [CH2][Si](C)(C)OCC. The van der Waals surface area contributed by atoms with Crippen LogP contribution in [0.5, 0.6) is 0 Å². The van der Waals surface area contributed by atoms with Crippen molar-refractivity contribution < 1.29 is 4.43 Å². The van der Waals surface area contributed by atoms with E-state index >= 15 is 0 Å². The maximum atomic E-state index is 5.26. The van der Waals surface area contributed by atoms with Crippen molar-refractivity contribution in [3.8, 4) is 0 Å². The second-order valence-corrected chi connectivity index (χ2v) is 6.00. The van der Waals surface area contributed by atoms with Crippen LogP contribution in [-0.4, -0.2) is 14.9 Å². The molecule has 0 saturated heterocycles. The average Bonchev–Trinajstić information content (AvgIpc) is 1.30. The summed E-state index contributed by atoms with van der Waals surface area (Å²) in [7, 11) is -1.41. The third-order valence-corrected chi connectivity index (χ3v) is 1.61. The highest BCUT2D eigenvalue weighted by Crippen LogP contribution is 1.98. The van der Waals surface area contributed by atoms with E-state index in [0.29, 0.717) is 0 Å². The summed E-state index contributed by atoms with van der Waals surface area (Å²) < 4.78 is 5.26. The van der Waals surface area contributed by atoms with E-state index in [1.807, 2.05) is 6.92 Å².